The van der Waals surface area contributed by atoms with Crippen molar-refractivity contribution >= 4 is 21.6 Å². The van der Waals surface area contributed by atoms with E-state index >= 15 is 0 Å². The van der Waals surface area contributed by atoms with E-state index < -0.39 is 0 Å². The van der Waals surface area contributed by atoms with Crippen molar-refractivity contribution in [3.8, 4) is 23.0 Å². The van der Waals surface area contributed by atoms with Gasteiger partial charge in [-0.15, -0.1) is 0 Å². The van der Waals surface area contributed by atoms with Gasteiger partial charge in [0.25, 0.3) is 0 Å². The summed E-state index contributed by atoms with van der Waals surface area (Å²) in [7, 11) is 4.93. The minimum atomic E-state index is -0.385. The predicted octanol–water partition coefficient (Wildman–Crippen LogP) is 5.72. The third kappa shape index (κ3) is 3.56. The van der Waals surface area contributed by atoms with Crippen molar-refractivity contribution in [1.29, 1.82) is 0 Å². The van der Waals surface area contributed by atoms with Crippen LogP contribution in [-0.4, -0.2) is 32.0 Å². The van der Waals surface area contributed by atoms with Gasteiger partial charge < -0.3 is 18.9 Å². The first-order chi connectivity index (χ1) is 15.6. The Hall–Kier alpha value is -3.19. The second kappa shape index (κ2) is 8.39. The van der Waals surface area contributed by atoms with E-state index in [2.05, 4.69) is 27.0 Å². The van der Waals surface area contributed by atoms with E-state index in [0.717, 1.165) is 44.8 Å². The molecule has 0 bridgehead atoms. The molecule has 0 amide bonds. The molecule has 0 saturated heterocycles. The van der Waals surface area contributed by atoms with Crippen molar-refractivity contribution in [3.63, 3.8) is 0 Å². The molecule has 3 aromatic rings. The van der Waals surface area contributed by atoms with Crippen LogP contribution in [0.3, 0.4) is 0 Å². The Labute approximate surface area is 195 Å². The van der Waals surface area contributed by atoms with Crippen LogP contribution in [-0.2, 0) is 0 Å². The molecular weight excluding hydrogens is 472 g/mol. The highest BCUT2D eigenvalue weighted by molar-refractivity contribution is 9.10. The number of hydrazone groups is 1. The van der Waals surface area contributed by atoms with Gasteiger partial charge in [0.1, 0.15) is 11.5 Å². The zero-order chi connectivity index (χ0) is 22.2. The lowest BCUT2D eigenvalue weighted by Gasteiger charge is -2.38. The minimum Gasteiger partial charge on any atom is -0.497 e. The van der Waals surface area contributed by atoms with E-state index in [1.54, 1.807) is 21.3 Å². The molecule has 0 fully saturated rings. The number of ether oxygens (including phenoxy) is 4. The molecule has 32 heavy (non-hydrogen) atoms. The predicted molar refractivity (Wildman–Crippen MR) is 126 cm³/mol. The first-order valence-corrected chi connectivity index (χ1v) is 11.1. The normalized spacial score (nSPS) is 18.9. The molecule has 2 aliphatic heterocycles. The number of benzene rings is 3. The SMILES string of the molecule is COc1ccc(C2=NN3[C@H](C2)c2cc(Br)ccc2O[C@@H]3c2ccc(OC)c(OC)c2)cc1. The summed E-state index contributed by atoms with van der Waals surface area (Å²) in [6, 6.07) is 20.0. The van der Waals surface area contributed by atoms with Crippen molar-refractivity contribution in [2.45, 2.75) is 18.7 Å². The summed E-state index contributed by atoms with van der Waals surface area (Å²) in [4.78, 5) is 0. The molecule has 2 aliphatic rings. The Kier molecular flexibility index (Phi) is 5.43. The molecule has 0 aromatic heterocycles. The summed E-state index contributed by atoms with van der Waals surface area (Å²) in [6.07, 6.45) is 0.396. The Bertz CT molecular complexity index is 1180. The fourth-order valence-electron chi connectivity index (χ4n) is 4.24. The molecule has 0 radical (unpaired) electrons. The van der Waals surface area contributed by atoms with Gasteiger partial charge in [-0.05, 0) is 66.2 Å². The van der Waals surface area contributed by atoms with Gasteiger partial charge in [0.05, 0.1) is 33.1 Å². The van der Waals surface area contributed by atoms with Crippen LogP contribution in [0.2, 0.25) is 0 Å². The maximum Gasteiger partial charge on any atom is 0.214 e. The summed E-state index contributed by atoms with van der Waals surface area (Å²) in [5, 5.41) is 7.07. The van der Waals surface area contributed by atoms with Gasteiger partial charge in [0.15, 0.2) is 11.5 Å². The largest absolute Gasteiger partial charge is 0.497 e. The highest BCUT2D eigenvalue weighted by Gasteiger charge is 2.41. The lowest BCUT2D eigenvalue weighted by molar-refractivity contribution is -0.0192. The number of fused-ring (bicyclic) bond motifs is 3. The van der Waals surface area contributed by atoms with Crippen molar-refractivity contribution in [3.05, 3.63) is 81.8 Å². The topological polar surface area (TPSA) is 52.5 Å². The standard InChI is InChI=1S/C25H23BrN2O4/c1-29-18-8-4-15(5-9-18)20-14-21-19-13-17(26)7-11-22(19)32-25(28(21)27-20)16-6-10-23(30-2)24(12-16)31-3/h4-13,21,25H,14H2,1-3H3/t21-,25-/m1/s1. The molecule has 0 N–H and O–H groups in total. The zero-order valence-electron chi connectivity index (χ0n) is 18.0. The van der Waals surface area contributed by atoms with Crippen molar-refractivity contribution in [1.82, 2.24) is 5.01 Å². The molecule has 6 nitrogen and oxygen atoms in total. The molecule has 0 unspecified atom stereocenters. The maximum absolute atomic E-state index is 6.46. The van der Waals surface area contributed by atoms with Gasteiger partial charge in [-0.25, -0.2) is 5.01 Å². The van der Waals surface area contributed by atoms with Crippen LogP contribution < -0.4 is 18.9 Å². The van der Waals surface area contributed by atoms with Crippen molar-refractivity contribution < 1.29 is 18.9 Å². The first kappa shape index (κ1) is 20.7. The second-order valence-electron chi connectivity index (χ2n) is 7.64. The number of hydrogen-bond acceptors (Lipinski definition) is 6. The van der Waals surface area contributed by atoms with Crippen LogP contribution in [0, 0.1) is 0 Å². The molecule has 0 aliphatic carbocycles. The van der Waals surface area contributed by atoms with Crippen molar-refractivity contribution in [2.75, 3.05) is 21.3 Å². The number of nitrogens with zero attached hydrogens (tertiary/aromatic N) is 2. The molecule has 2 heterocycles. The van der Waals surface area contributed by atoms with Crippen LogP contribution in [0.5, 0.6) is 23.0 Å². The number of hydrogen-bond donors (Lipinski definition) is 0. The quantitative estimate of drug-likeness (QED) is 0.454. The van der Waals surface area contributed by atoms with Crippen LogP contribution in [0.4, 0.5) is 0 Å². The van der Waals surface area contributed by atoms with Crippen LogP contribution >= 0.6 is 15.9 Å². The van der Waals surface area contributed by atoms with Crippen LogP contribution in [0.25, 0.3) is 0 Å². The molecule has 0 saturated carbocycles. The van der Waals surface area contributed by atoms with Gasteiger partial charge in [-0.3, -0.25) is 0 Å². The Morgan fingerprint density at radius 1 is 0.906 bits per heavy atom. The fraction of sp³-hybridized carbons (Fsp3) is 0.240. The first-order valence-electron chi connectivity index (χ1n) is 10.3. The van der Waals surface area contributed by atoms with E-state index in [1.807, 2.05) is 54.6 Å². The Balaban J connectivity index is 1.58. The summed E-state index contributed by atoms with van der Waals surface area (Å²) >= 11 is 3.60. The summed E-state index contributed by atoms with van der Waals surface area (Å²) in [6.45, 7) is 0. The Morgan fingerprint density at radius 2 is 1.69 bits per heavy atom. The summed E-state index contributed by atoms with van der Waals surface area (Å²) in [5.74, 6) is 3.02. The van der Waals surface area contributed by atoms with Crippen LogP contribution in [0.1, 0.15) is 35.4 Å². The highest BCUT2D eigenvalue weighted by Crippen LogP contribution is 2.49. The monoisotopic (exact) mass is 494 g/mol. The number of methoxy groups -OCH3 is 3. The van der Waals surface area contributed by atoms with E-state index in [1.165, 1.54) is 0 Å². The van der Waals surface area contributed by atoms with Crippen LogP contribution in [0.15, 0.2) is 70.2 Å². The minimum absolute atomic E-state index is 0.0615. The molecule has 7 heteroatoms. The molecule has 2 atom stereocenters. The van der Waals surface area contributed by atoms with Gasteiger partial charge in [-0.1, -0.05) is 15.9 Å². The van der Waals surface area contributed by atoms with Gasteiger partial charge in [-0.2, -0.15) is 5.10 Å². The zero-order valence-corrected chi connectivity index (χ0v) is 19.6. The number of rotatable bonds is 5. The number of halogens is 1. The summed E-state index contributed by atoms with van der Waals surface area (Å²) < 4.78 is 23.7. The van der Waals surface area contributed by atoms with Gasteiger partial charge in [0.2, 0.25) is 6.23 Å². The third-order valence-electron chi connectivity index (χ3n) is 5.87. The molecule has 164 valence electrons. The molecular formula is C25H23BrN2O4. The third-order valence-corrected chi connectivity index (χ3v) is 6.36. The van der Waals surface area contributed by atoms with E-state index in [4.69, 9.17) is 24.0 Å². The van der Waals surface area contributed by atoms with Gasteiger partial charge >= 0.3 is 0 Å². The smallest absolute Gasteiger partial charge is 0.214 e. The lowest BCUT2D eigenvalue weighted by Crippen LogP contribution is -2.33. The van der Waals surface area contributed by atoms with Crippen molar-refractivity contribution in [2.24, 2.45) is 5.10 Å². The molecule has 5 rings (SSSR count). The van der Waals surface area contributed by atoms with E-state index in [-0.39, 0.29) is 12.3 Å². The highest BCUT2D eigenvalue weighted by atomic mass is 79.9. The second-order valence-corrected chi connectivity index (χ2v) is 8.56. The Morgan fingerprint density at radius 3 is 2.41 bits per heavy atom. The summed E-state index contributed by atoms with van der Waals surface area (Å²) in [5.41, 5.74) is 4.15. The average Bonchev–Trinajstić information content (AvgIpc) is 3.29. The fourth-order valence-corrected chi connectivity index (χ4v) is 4.62. The van der Waals surface area contributed by atoms with E-state index in [9.17, 15) is 0 Å². The average molecular weight is 495 g/mol. The molecule has 3 aromatic carbocycles. The molecule has 0 spiro atoms. The van der Waals surface area contributed by atoms with Gasteiger partial charge in [0, 0.05) is 22.0 Å². The maximum atomic E-state index is 6.46. The van der Waals surface area contributed by atoms with E-state index in [0.29, 0.717) is 11.5 Å². The lowest BCUT2D eigenvalue weighted by atomic mass is 9.96.